The number of anilines is 2. The minimum absolute atomic E-state index is 0.0109. The third kappa shape index (κ3) is 5.38. The molecule has 0 fully saturated rings. The maximum Gasteiger partial charge on any atom is 0.434 e. The second-order valence-electron chi connectivity index (χ2n) is 7.03. The normalized spacial score (nSPS) is 11.4. The molecule has 0 aliphatic carbocycles. The predicted molar refractivity (Wildman–Crippen MR) is 118 cm³/mol. The number of carbonyl (C=O) groups is 1. The van der Waals surface area contributed by atoms with Crippen LogP contribution in [0, 0.1) is 5.82 Å². The molecule has 0 spiro atoms. The highest BCUT2D eigenvalue weighted by atomic mass is 35.5. The van der Waals surface area contributed by atoms with E-state index in [1.165, 1.54) is 36.8 Å². The van der Waals surface area contributed by atoms with Crippen LogP contribution in [0.2, 0.25) is 5.02 Å². The van der Waals surface area contributed by atoms with E-state index < -0.39 is 23.7 Å². The number of pyridine rings is 1. The Bertz CT molecular complexity index is 1390. The molecule has 0 amide bonds. The summed E-state index contributed by atoms with van der Waals surface area (Å²) in [5.74, 6) is -1.23. The first-order valence-electron chi connectivity index (χ1n) is 9.99. The van der Waals surface area contributed by atoms with E-state index in [2.05, 4.69) is 25.3 Å². The summed E-state index contributed by atoms with van der Waals surface area (Å²) in [6.45, 7) is 1.80. The first kappa shape index (κ1) is 24.1. The number of nitrogens with zero attached hydrogens (tertiary/aromatic N) is 5. The van der Waals surface area contributed by atoms with Gasteiger partial charge in [0.2, 0.25) is 5.95 Å². The Morgan fingerprint density at radius 3 is 2.66 bits per heavy atom. The Morgan fingerprint density at radius 1 is 1.17 bits per heavy atom. The van der Waals surface area contributed by atoms with Crippen molar-refractivity contribution < 1.29 is 27.1 Å². The Balaban J connectivity index is 1.80. The van der Waals surface area contributed by atoms with Crippen LogP contribution in [-0.2, 0) is 10.9 Å². The fraction of sp³-hybridized carbons (Fsp3) is 0.136. The van der Waals surface area contributed by atoms with Gasteiger partial charge < -0.3 is 10.1 Å². The third-order valence-electron chi connectivity index (χ3n) is 4.62. The summed E-state index contributed by atoms with van der Waals surface area (Å²) in [7, 11) is 0. The van der Waals surface area contributed by atoms with Crippen LogP contribution in [0.25, 0.3) is 16.9 Å². The number of alkyl halides is 3. The largest absolute Gasteiger partial charge is 0.462 e. The van der Waals surface area contributed by atoms with Crippen molar-refractivity contribution in [3.05, 3.63) is 77.5 Å². The zero-order valence-electron chi connectivity index (χ0n) is 17.8. The Labute approximate surface area is 200 Å². The number of benzene rings is 1. The van der Waals surface area contributed by atoms with E-state index in [1.54, 1.807) is 6.92 Å². The number of hydrogen-bond donors (Lipinski definition) is 1. The van der Waals surface area contributed by atoms with Crippen LogP contribution in [0.1, 0.15) is 23.0 Å². The van der Waals surface area contributed by atoms with Gasteiger partial charge in [-0.3, -0.25) is 9.55 Å². The van der Waals surface area contributed by atoms with Crippen LogP contribution >= 0.6 is 11.6 Å². The summed E-state index contributed by atoms with van der Waals surface area (Å²) >= 11 is 5.80. The van der Waals surface area contributed by atoms with Crippen molar-refractivity contribution in [2.75, 3.05) is 11.9 Å². The van der Waals surface area contributed by atoms with Crippen molar-refractivity contribution in [1.29, 1.82) is 0 Å². The maximum absolute atomic E-state index is 13.5. The zero-order valence-corrected chi connectivity index (χ0v) is 18.6. The summed E-state index contributed by atoms with van der Waals surface area (Å²) in [5.41, 5.74) is -0.0234. The summed E-state index contributed by atoms with van der Waals surface area (Å²) < 4.78 is 59.0. The van der Waals surface area contributed by atoms with Gasteiger partial charge in [-0.15, -0.1) is 0 Å². The lowest BCUT2D eigenvalue weighted by atomic mass is 10.1. The molecule has 3 heterocycles. The molecule has 0 saturated heterocycles. The number of aromatic nitrogens is 5. The molecule has 0 saturated carbocycles. The lowest BCUT2D eigenvalue weighted by molar-refractivity contribution is -0.140. The molecule has 0 bridgehead atoms. The number of halogens is 5. The number of imidazole rings is 1. The van der Waals surface area contributed by atoms with E-state index in [1.807, 2.05) is 0 Å². The Morgan fingerprint density at radius 2 is 1.97 bits per heavy atom. The van der Waals surface area contributed by atoms with Crippen LogP contribution in [0.3, 0.4) is 0 Å². The number of ether oxygens (including phenoxy) is 1. The first-order valence-corrected chi connectivity index (χ1v) is 10.4. The van der Waals surface area contributed by atoms with Gasteiger partial charge in [-0.2, -0.15) is 18.2 Å². The zero-order chi connectivity index (χ0) is 25.2. The average molecular weight is 507 g/mol. The molecule has 180 valence electrons. The summed E-state index contributed by atoms with van der Waals surface area (Å²) in [6, 6.07) is 5.29. The van der Waals surface area contributed by atoms with Gasteiger partial charge in [-0.25, -0.2) is 19.2 Å². The highest BCUT2D eigenvalue weighted by Gasteiger charge is 2.34. The van der Waals surface area contributed by atoms with Gasteiger partial charge in [0, 0.05) is 41.6 Å². The molecule has 8 nitrogen and oxygen atoms in total. The fourth-order valence-corrected chi connectivity index (χ4v) is 3.22. The molecule has 0 unspecified atom stereocenters. The van der Waals surface area contributed by atoms with E-state index in [0.29, 0.717) is 11.3 Å². The Kier molecular flexibility index (Phi) is 6.65. The lowest BCUT2D eigenvalue weighted by Crippen LogP contribution is -2.07. The van der Waals surface area contributed by atoms with Crippen LogP contribution in [0.15, 0.2) is 55.4 Å². The maximum atomic E-state index is 13.5. The van der Waals surface area contributed by atoms with E-state index >= 15 is 0 Å². The van der Waals surface area contributed by atoms with E-state index in [4.69, 9.17) is 16.3 Å². The first-order chi connectivity index (χ1) is 16.7. The van der Waals surface area contributed by atoms with Gasteiger partial charge >= 0.3 is 12.1 Å². The third-order valence-corrected chi connectivity index (χ3v) is 4.91. The molecular formula is C22H15ClF4N6O2. The van der Waals surface area contributed by atoms with Crippen molar-refractivity contribution in [3.63, 3.8) is 0 Å². The van der Waals surface area contributed by atoms with Crippen molar-refractivity contribution in [1.82, 2.24) is 24.5 Å². The Hall–Kier alpha value is -4.06. The van der Waals surface area contributed by atoms with Crippen molar-refractivity contribution in [3.8, 4) is 16.9 Å². The molecule has 0 aliphatic heterocycles. The molecule has 0 atom stereocenters. The molecule has 0 aliphatic rings. The number of carbonyl (C=O) groups excluding carboxylic acids is 1. The summed E-state index contributed by atoms with van der Waals surface area (Å²) in [4.78, 5) is 28.1. The van der Waals surface area contributed by atoms with E-state index in [0.717, 1.165) is 23.2 Å². The van der Waals surface area contributed by atoms with Crippen molar-refractivity contribution >= 4 is 29.2 Å². The molecule has 3 aromatic heterocycles. The average Bonchev–Trinajstić information content (AvgIpc) is 3.33. The number of esters is 1. The topological polar surface area (TPSA) is 94.8 Å². The number of rotatable bonds is 6. The predicted octanol–water partition coefficient (Wildman–Crippen LogP) is 5.46. The summed E-state index contributed by atoms with van der Waals surface area (Å²) in [6.07, 6.45) is 1.10. The molecule has 4 rings (SSSR count). The van der Waals surface area contributed by atoms with E-state index in [9.17, 15) is 22.4 Å². The second-order valence-corrected chi connectivity index (χ2v) is 7.44. The molecule has 4 aromatic rings. The van der Waals surface area contributed by atoms with Crippen molar-refractivity contribution in [2.45, 2.75) is 13.1 Å². The number of nitrogens with one attached hydrogen (secondary N) is 1. The monoisotopic (exact) mass is 506 g/mol. The fourth-order valence-electron chi connectivity index (χ4n) is 3.03. The second kappa shape index (κ2) is 9.66. The molecule has 13 heteroatoms. The lowest BCUT2D eigenvalue weighted by Gasteiger charge is -2.13. The molecular weight excluding hydrogens is 492 g/mol. The van der Waals surface area contributed by atoms with Gasteiger partial charge in [0.1, 0.15) is 12.1 Å². The van der Waals surface area contributed by atoms with Crippen LogP contribution in [0.4, 0.5) is 29.2 Å². The smallest absolute Gasteiger partial charge is 0.434 e. The standard InChI is InChI=1S/C22H15ClF4N6O2/c1-2-35-20(34)13-5-12(7-28-8-13)15-9-29-21(31-14-3-4-17(24)16(23)6-14)32-19(15)33-10-18(30-11-33)22(25,26)27/h3-11H,2H2,1H3,(H,29,31,32). The van der Waals surface area contributed by atoms with Crippen molar-refractivity contribution in [2.24, 2.45) is 0 Å². The molecule has 1 aromatic carbocycles. The minimum atomic E-state index is -4.67. The van der Waals surface area contributed by atoms with Gasteiger partial charge in [0.25, 0.3) is 0 Å². The molecule has 1 N–H and O–H groups in total. The summed E-state index contributed by atoms with van der Waals surface area (Å²) in [5, 5.41) is 2.68. The van der Waals surface area contributed by atoms with Gasteiger partial charge in [0.05, 0.1) is 17.2 Å². The number of hydrogen-bond acceptors (Lipinski definition) is 7. The van der Waals surface area contributed by atoms with Crippen LogP contribution in [0.5, 0.6) is 0 Å². The van der Waals surface area contributed by atoms with Crippen LogP contribution in [-0.4, -0.2) is 37.1 Å². The van der Waals surface area contributed by atoms with Gasteiger partial charge in [-0.05, 0) is 31.2 Å². The van der Waals surface area contributed by atoms with Gasteiger partial charge in [-0.1, -0.05) is 11.6 Å². The minimum Gasteiger partial charge on any atom is -0.462 e. The SMILES string of the molecule is CCOC(=O)c1cncc(-c2cnc(Nc3ccc(F)c(Cl)c3)nc2-n2cnc(C(F)(F)F)c2)c1. The highest BCUT2D eigenvalue weighted by Crippen LogP contribution is 2.31. The van der Waals surface area contributed by atoms with Crippen LogP contribution < -0.4 is 5.32 Å². The quantitative estimate of drug-likeness (QED) is 0.274. The molecule has 35 heavy (non-hydrogen) atoms. The highest BCUT2D eigenvalue weighted by molar-refractivity contribution is 6.31. The van der Waals surface area contributed by atoms with E-state index in [-0.39, 0.29) is 34.5 Å². The molecule has 0 radical (unpaired) electrons. The van der Waals surface area contributed by atoms with Gasteiger partial charge in [0.15, 0.2) is 11.5 Å².